The van der Waals surface area contributed by atoms with Crippen LogP contribution in [0.5, 0.6) is 0 Å². The van der Waals surface area contributed by atoms with E-state index < -0.39 is 0 Å². The number of aromatic amines is 1. The lowest BCUT2D eigenvalue weighted by molar-refractivity contribution is 0.901. The van der Waals surface area contributed by atoms with Crippen molar-refractivity contribution in [2.45, 2.75) is 10.9 Å². The van der Waals surface area contributed by atoms with E-state index in [1.54, 1.807) is 0 Å². The number of H-pyrrole nitrogens is 1. The molecule has 0 bridgehead atoms. The first-order chi connectivity index (χ1) is 9.42. The molecule has 2 heterocycles. The molecular formula is C15H13N3S. The standard InChI is InChI=1S/C15H13N3S/c1-2-7-14-11(5-1)13(9-19-14)17-12-6-3-4-10-8-16-18-15(10)12/h1-8,13,17H,9H2,(H,16,18). The van der Waals surface area contributed by atoms with Crippen LogP contribution in [0.1, 0.15) is 11.6 Å². The minimum atomic E-state index is 0.370. The molecule has 1 aromatic heterocycles. The Bertz CT molecular complexity index is 735. The van der Waals surface area contributed by atoms with Gasteiger partial charge in [-0.15, -0.1) is 11.8 Å². The number of hydrogen-bond donors (Lipinski definition) is 2. The van der Waals surface area contributed by atoms with E-state index in [0.717, 1.165) is 22.3 Å². The van der Waals surface area contributed by atoms with Gasteiger partial charge in [0.25, 0.3) is 0 Å². The third-order valence-corrected chi connectivity index (χ3v) is 4.69. The lowest BCUT2D eigenvalue weighted by Gasteiger charge is -2.15. The van der Waals surface area contributed by atoms with Crippen molar-refractivity contribution in [2.24, 2.45) is 0 Å². The van der Waals surface area contributed by atoms with Gasteiger partial charge in [0.15, 0.2) is 0 Å². The summed E-state index contributed by atoms with van der Waals surface area (Å²) in [4.78, 5) is 1.39. The predicted octanol–water partition coefficient (Wildman–Crippen LogP) is 3.82. The van der Waals surface area contributed by atoms with Crippen molar-refractivity contribution in [1.29, 1.82) is 0 Å². The van der Waals surface area contributed by atoms with Crippen LogP contribution in [0.2, 0.25) is 0 Å². The topological polar surface area (TPSA) is 40.7 Å². The van der Waals surface area contributed by atoms with E-state index >= 15 is 0 Å². The quantitative estimate of drug-likeness (QED) is 0.741. The molecule has 4 heteroatoms. The average molecular weight is 267 g/mol. The smallest absolute Gasteiger partial charge is 0.0881 e. The maximum atomic E-state index is 4.11. The van der Waals surface area contributed by atoms with Crippen LogP contribution < -0.4 is 5.32 Å². The van der Waals surface area contributed by atoms with Crippen molar-refractivity contribution in [3.05, 3.63) is 54.2 Å². The van der Waals surface area contributed by atoms with Crippen molar-refractivity contribution in [3.63, 3.8) is 0 Å². The van der Waals surface area contributed by atoms with E-state index in [1.165, 1.54) is 10.5 Å². The molecule has 2 N–H and O–H groups in total. The molecule has 1 aliphatic rings. The number of fused-ring (bicyclic) bond motifs is 2. The largest absolute Gasteiger partial charge is 0.376 e. The Hall–Kier alpha value is -1.94. The van der Waals surface area contributed by atoms with Crippen molar-refractivity contribution in [2.75, 3.05) is 11.1 Å². The Morgan fingerprint density at radius 3 is 3.11 bits per heavy atom. The van der Waals surface area contributed by atoms with Crippen LogP contribution in [0.4, 0.5) is 5.69 Å². The van der Waals surface area contributed by atoms with Crippen molar-refractivity contribution in [3.8, 4) is 0 Å². The molecule has 19 heavy (non-hydrogen) atoms. The molecule has 0 fully saturated rings. The first kappa shape index (κ1) is 10.9. The van der Waals surface area contributed by atoms with Gasteiger partial charge in [-0.05, 0) is 17.7 Å². The van der Waals surface area contributed by atoms with Gasteiger partial charge in [0.05, 0.1) is 23.4 Å². The molecule has 0 aliphatic carbocycles. The van der Waals surface area contributed by atoms with Gasteiger partial charge in [-0.2, -0.15) is 5.10 Å². The SMILES string of the molecule is c1ccc2c(c1)SCC2Nc1cccc2cn[nH]c12. The summed E-state index contributed by atoms with van der Waals surface area (Å²) in [6.07, 6.45) is 1.86. The molecule has 0 spiro atoms. The van der Waals surface area contributed by atoms with E-state index in [2.05, 4.69) is 58.0 Å². The molecule has 3 nitrogen and oxygen atoms in total. The van der Waals surface area contributed by atoms with Gasteiger partial charge in [0.2, 0.25) is 0 Å². The lowest BCUT2D eigenvalue weighted by Crippen LogP contribution is -2.09. The van der Waals surface area contributed by atoms with Crippen LogP contribution in [0.25, 0.3) is 10.9 Å². The Balaban J connectivity index is 1.71. The molecule has 94 valence electrons. The van der Waals surface area contributed by atoms with Gasteiger partial charge < -0.3 is 5.32 Å². The van der Waals surface area contributed by atoms with Crippen LogP contribution in [-0.2, 0) is 0 Å². The highest BCUT2D eigenvalue weighted by Crippen LogP contribution is 2.40. The molecule has 1 aliphatic heterocycles. The summed E-state index contributed by atoms with van der Waals surface area (Å²) in [6.45, 7) is 0. The number of rotatable bonds is 2. The Kier molecular flexibility index (Phi) is 2.48. The molecule has 0 radical (unpaired) electrons. The van der Waals surface area contributed by atoms with Gasteiger partial charge in [0.1, 0.15) is 0 Å². The molecule has 4 rings (SSSR count). The van der Waals surface area contributed by atoms with Gasteiger partial charge in [-0.25, -0.2) is 0 Å². The Morgan fingerprint density at radius 1 is 1.16 bits per heavy atom. The van der Waals surface area contributed by atoms with Crippen molar-refractivity contribution >= 4 is 28.4 Å². The van der Waals surface area contributed by atoms with E-state index in [-0.39, 0.29) is 0 Å². The number of hydrogen-bond acceptors (Lipinski definition) is 3. The Morgan fingerprint density at radius 2 is 2.11 bits per heavy atom. The summed E-state index contributed by atoms with van der Waals surface area (Å²) in [7, 11) is 0. The highest BCUT2D eigenvalue weighted by atomic mass is 32.2. The third kappa shape index (κ3) is 1.79. The summed E-state index contributed by atoms with van der Waals surface area (Å²) in [6, 6.07) is 15.2. The zero-order valence-electron chi connectivity index (χ0n) is 10.3. The molecule has 2 aromatic carbocycles. The lowest BCUT2D eigenvalue weighted by atomic mass is 10.1. The molecular weight excluding hydrogens is 254 g/mol. The van der Waals surface area contributed by atoms with Crippen LogP contribution in [0.15, 0.2) is 53.6 Å². The number of nitrogens with one attached hydrogen (secondary N) is 2. The molecule has 1 atom stereocenters. The number of benzene rings is 2. The normalized spacial score (nSPS) is 17.6. The molecule has 0 amide bonds. The number of anilines is 1. The van der Waals surface area contributed by atoms with Crippen LogP contribution >= 0.6 is 11.8 Å². The second-order valence-electron chi connectivity index (χ2n) is 4.69. The van der Waals surface area contributed by atoms with Crippen LogP contribution in [0, 0.1) is 0 Å². The molecule has 0 saturated carbocycles. The molecule has 1 unspecified atom stereocenters. The third-order valence-electron chi connectivity index (χ3n) is 3.51. The summed E-state index contributed by atoms with van der Waals surface area (Å²) >= 11 is 1.91. The highest BCUT2D eigenvalue weighted by molar-refractivity contribution is 7.99. The zero-order valence-corrected chi connectivity index (χ0v) is 11.1. The number of thioether (sulfide) groups is 1. The fourth-order valence-corrected chi connectivity index (χ4v) is 3.72. The van der Waals surface area contributed by atoms with Gasteiger partial charge in [0, 0.05) is 16.0 Å². The van der Waals surface area contributed by atoms with Gasteiger partial charge in [-0.1, -0.05) is 30.3 Å². The first-order valence-electron chi connectivity index (χ1n) is 6.32. The van der Waals surface area contributed by atoms with E-state index in [9.17, 15) is 0 Å². The minimum absolute atomic E-state index is 0.370. The number of para-hydroxylation sites is 1. The zero-order chi connectivity index (χ0) is 12.7. The summed E-state index contributed by atoms with van der Waals surface area (Å²) in [5.74, 6) is 1.07. The number of aromatic nitrogens is 2. The Labute approximate surface area is 115 Å². The molecule has 3 aromatic rings. The monoisotopic (exact) mass is 267 g/mol. The highest BCUT2D eigenvalue weighted by Gasteiger charge is 2.22. The first-order valence-corrected chi connectivity index (χ1v) is 7.31. The maximum Gasteiger partial charge on any atom is 0.0881 e. The summed E-state index contributed by atoms with van der Waals surface area (Å²) in [5.41, 5.74) is 3.60. The fraction of sp³-hybridized carbons (Fsp3) is 0.133. The fourth-order valence-electron chi connectivity index (χ4n) is 2.56. The minimum Gasteiger partial charge on any atom is -0.376 e. The molecule has 0 saturated heterocycles. The van der Waals surface area contributed by atoms with Crippen molar-refractivity contribution < 1.29 is 0 Å². The van der Waals surface area contributed by atoms with Crippen LogP contribution in [-0.4, -0.2) is 16.0 Å². The van der Waals surface area contributed by atoms with Gasteiger partial charge >= 0.3 is 0 Å². The predicted molar refractivity (Wildman–Crippen MR) is 79.6 cm³/mol. The summed E-state index contributed by atoms with van der Waals surface area (Å²) in [5, 5.41) is 12.0. The second kappa shape index (κ2) is 4.31. The van der Waals surface area contributed by atoms with E-state index in [0.29, 0.717) is 6.04 Å². The number of nitrogens with zero attached hydrogens (tertiary/aromatic N) is 1. The van der Waals surface area contributed by atoms with Gasteiger partial charge in [-0.3, -0.25) is 5.10 Å². The second-order valence-corrected chi connectivity index (χ2v) is 5.75. The van der Waals surface area contributed by atoms with E-state index in [1.807, 2.05) is 18.0 Å². The maximum absolute atomic E-state index is 4.11. The van der Waals surface area contributed by atoms with Crippen molar-refractivity contribution in [1.82, 2.24) is 10.2 Å². The van der Waals surface area contributed by atoms with Crippen LogP contribution in [0.3, 0.4) is 0 Å². The average Bonchev–Trinajstić information content (AvgIpc) is 3.06. The van der Waals surface area contributed by atoms with E-state index in [4.69, 9.17) is 0 Å². The summed E-state index contributed by atoms with van der Waals surface area (Å²) < 4.78 is 0.